The molecule has 8 atom stereocenters. The molecule has 4 saturated carbocycles. The van der Waals surface area contributed by atoms with Gasteiger partial charge in [-0.3, -0.25) is 0 Å². The molecule has 1 aromatic rings. The third kappa shape index (κ3) is 2.98. The standard InChI is InChI=1S/C28H40O/c1-20-11-15-26(2)22(19-20)9-10-23-24(26)13-16-27(3)25(23)14-18-28(27,29)17-12-21-7-5-4-6-8-21/h4-8,12,17,20,22-25,29H,9-11,13-16,18-19H2,1-3H3/b17-12+. The zero-order valence-electron chi connectivity index (χ0n) is 18.7. The minimum Gasteiger partial charge on any atom is -0.385 e. The molecule has 0 amide bonds. The minimum absolute atomic E-state index is 0.0462. The highest BCUT2D eigenvalue weighted by atomic mass is 16.3. The van der Waals surface area contributed by atoms with Crippen LogP contribution in [0.1, 0.15) is 84.1 Å². The first-order valence-corrected chi connectivity index (χ1v) is 12.3. The summed E-state index contributed by atoms with van der Waals surface area (Å²) in [5, 5.41) is 11.8. The van der Waals surface area contributed by atoms with Gasteiger partial charge in [0.1, 0.15) is 0 Å². The summed E-state index contributed by atoms with van der Waals surface area (Å²) >= 11 is 0. The van der Waals surface area contributed by atoms with Crippen molar-refractivity contribution in [3.8, 4) is 0 Å². The molecule has 8 unspecified atom stereocenters. The number of rotatable bonds is 2. The summed E-state index contributed by atoms with van der Waals surface area (Å²) in [4.78, 5) is 0. The molecule has 158 valence electrons. The van der Waals surface area contributed by atoms with Crippen molar-refractivity contribution in [3.63, 3.8) is 0 Å². The van der Waals surface area contributed by atoms with E-state index < -0.39 is 5.60 Å². The third-order valence-electron chi connectivity index (χ3n) is 10.5. The highest BCUT2D eigenvalue weighted by Gasteiger charge is 2.63. The Morgan fingerprint density at radius 3 is 2.45 bits per heavy atom. The van der Waals surface area contributed by atoms with E-state index in [4.69, 9.17) is 0 Å². The van der Waals surface area contributed by atoms with E-state index in [0.29, 0.717) is 11.3 Å². The number of hydrogen-bond donors (Lipinski definition) is 1. The number of hydrogen-bond acceptors (Lipinski definition) is 1. The van der Waals surface area contributed by atoms with Crippen LogP contribution in [-0.2, 0) is 0 Å². The van der Waals surface area contributed by atoms with Crippen LogP contribution in [0.4, 0.5) is 0 Å². The lowest BCUT2D eigenvalue weighted by Gasteiger charge is -2.61. The summed E-state index contributed by atoms with van der Waals surface area (Å²) in [6.45, 7) is 7.55. The smallest absolute Gasteiger partial charge is 0.0887 e. The predicted octanol–water partition coefficient (Wildman–Crippen LogP) is 7.11. The first kappa shape index (κ1) is 19.9. The van der Waals surface area contributed by atoms with Crippen LogP contribution in [0.25, 0.3) is 6.08 Å². The van der Waals surface area contributed by atoms with Crippen molar-refractivity contribution >= 4 is 6.08 Å². The molecular weight excluding hydrogens is 352 g/mol. The van der Waals surface area contributed by atoms with E-state index in [9.17, 15) is 5.11 Å². The lowest BCUT2D eigenvalue weighted by molar-refractivity contribution is -0.140. The van der Waals surface area contributed by atoms with Gasteiger partial charge in [-0.05, 0) is 91.9 Å². The minimum atomic E-state index is -0.642. The van der Waals surface area contributed by atoms with Crippen molar-refractivity contribution in [2.45, 2.75) is 84.2 Å². The molecule has 5 rings (SSSR count). The molecule has 0 aliphatic heterocycles. The summed E-state index contributed by atoms with van der Waals surface area (Å²) in [6.07, 6.45) is 16.2. The number of benzene rings is 1. The Bertz CT molecular complexity index is 768. The third-order valence-corrected chi connectivity index (χ3v) is 10.5. The predicted molar refractivity (Wildman–Crippen MR) is 121 cm³/mol. The van der Waals surface area contributed by atoms with E-state index in [-0.39, 0.29) is 5.41 Å². The van der Waals surface area contributed by atoms with E-state index in [2.05, 4.69) is 63.3 Å². The van der Waals surface area contributed by atoms with Crippen molar-refractivity contribution < 1.29 is 5.11 Å². The fourth-order valence-electron chi connectivity index (χ4n) is 8.60. The van der Waals surface area contributed by atoms with E-state index in [0.717, 1.165) is 30.1 Å². The van der Waals surface area contributed by atoms with E-state index in [1.54, 1.807) is 0 Å². The van der Waals surface area contributed by atoms with Gasteiger partial charge in [-0.15, -0.1) is 0 Å². The lowest BCUT2D eigenvalue weighted by Crippen LogP contribution is -2.56. The molecular formula is C28H40O. The SMILES string of the molecule is CC1CCC2(C)C(CCC3C2CCC2(C)C3CCC2(O)/C=C/c2ccccc2)C1. The average molecular weight is 393 g/mol. The molecule has 1 heteroatoms. The zero-order chi connectivity index (χ0) is 20.3. The van der Waals surface area contributed by atoms with E-state index in [1.165, 1.54) is 56.9 Å². The molecule has 1 N–H and O–H groups in total. The van der Waals surface area contributed by atoms with Gasteiger partial charge in [0, 0.05) is 5.41 Å². The lowest BCUT2D eigenvalue weighted by atomic mass is 9.44. The highest BCUT2D eigenvalue weighted by molar-refractivity contribution is 5.51. The Kier molecular flexibility index (Phi) is 4.78. The van der Waals surface area contributed by atoms with Gasteiger partial charge in [-0.25, -0.2) is 0 Å². The molecule has 1 nitrogen and oxygen atoms in total. The Morgan fingerprint density at radius 1 is 0.897 bits per heavy atom. The molecule has 0 radical (unpaired) electrons. The summed E-state index contributed by atoms with van der Waals surface area (Å²) in [6, 6.07) is 10.5. The second kappa shape index (κ2) is 6.98. The highest BCUT2D eigenvalue weighted by Crippen LogP contribution is 2.68. The van der Waals surface area contributed by atoms with Gasteiger partial charge < -0.3 is 5.11 Å². The van der Waals surface area contributed by atoms with Crippen LogP contribution in [0.2, 0.25) is 0 Å². The topological polar surface area (TPSA) is 20.2 Å². The molecule has 0 saturated heterocycles. The fourth-order valence-corrected chi connectivity index (χ4v) is 8.60. The molecule has 4 fully saturated rings. The summed E-state index contributed by atoms with van der Waals surface area (Å²) in [7, 11) is 0. The molecule has 0 spiro atoms. The van der Waals surface area contributed by atoms with Gasteiger partial charge in [0.05, 0.1) is 5.60 Å². The zero-order valence-corrected chi connectivity index (χ0v) is 18.7. The van der Waals surface area contributed by atoms with Gasteiger partial charge in [0.2, 0.25) is 0 Å². The van der Waals surface area contributed by atoms with Gasteiger partial charge in [-0.2, -0.15) is 0 Å². The fraction of sp³-hybridized carbons (Fsp3) is 0.714. The maximum absolute atomic E-state index is 11.8. The normalized spacial score (nSPS) is 49.4. The Labute approximate surface area is 178 Å². The average Bonchev–Trinajstić information content (AvgIpc) is 2.99. The van der Waals surface area contributed by atoms with Crippen LogP contribution in [-0.4, -0.2) is 10.7 Å². The van der Waals surface area contributed by atoms with Crippen molar-refractivity contribution in [2.24, 2.45) is 40.4 Å². The van der Waals surface area contributed by atoms with Gasteiger partial charge in [0.25, 0.3) is 0 Å². The molecule has 4 aliphatic rings. The van der Waals surface area contributed by atoms with E-state index >= 15 is 0 Å². The van der Waals surface area contributed by atoms with Crippen molar-refractivity contribution in [1.82, 2.24) is 0 Å². The first-order valence-electron chi connectivity index (χ1n) is 12.3. The first-order chi connectivity index (χ1) is 13.9. The Balaban J connectivity index is 1.40. The molecule has 29 heavy (non-hydrogen) atoms. The molecule has 0 heterocycles. The van der Waals surface area contributed by atoms with Crippen LogP contribution in [0.15, 0.2) is 36.4 Å². The molecule has 1 aromatic carbocycles. The van der Waals surface area contributed by atoms with Crippen LogP contribution < -0.4 is 0 Å². The van der Waals surface area contributed by atoms with Crippen molar-refractivity contribution in [3.05, 3.63) is 42.0 Å². The largest absolute Gasteiger partial charge is 0.385 e. The van der Waals surface area contributed by atoms with Gasteiger partial charge in [0.15, 0.2) is 0 Å². The molecule has 0 bridgehead atoms. The van der Waals surface area contributed by atoms with Crippen LogP contribution >= 0.6 is 0 Å². The van der Waals surface area contributed by atoms with Crippen LogP contribution in [0.5, 0.6) is 0 Å². The Morgan fingerprint density at radius 2 is 1.66 bits per heavy atom. The summed E-state index contributed by atoms with van der Waals surface area (Å²) < 4.78 is 0. The summed E-state index contributed by atoms with van der Waals surface area (Å²) in [5.74, 6) is 4.31. The number of aliphatic hydroxyl groups is 1. The van der Waals surface area contributed by atoms with Crippen LogP contribution in [0.3, 0.4) is 0 Å². The maximum atomic E-state index is 11.8. The van der Waals surface area contributed by atoms with Gasteiger partial charge in [-0.1, -0.05) is 69.7 Å². The Hall–Kier alpha value is -1.08. The number of fused-ring (bicyclic) bond motifs is 5. The quantitative estimate of drug-likeness (QED) is 0.568. The molecule has 4 aliphatic carbocycles. The van der Waals surface area contributed by atoms with Crippen molar-refractivity contribution in [2.75, 3.05) is 0 Å². The summed E-state index contributed by atoms with van der Waals surface area (Å²) in [5.41, 5.74) is 1.17. The monoisotopic (exact) mass is 392 g/mol. The second-order valence-corrected chi connectivity index (χ2v) is 11.7. The van der Waals surface area contributed by atoms with Crippen LogP contribution in [0, 0.1) is 40.4 Å². The maximum Gasteiger partial charge on any atom is 0.0887 e. The van der Waals surface area contributed by atoms with Crippen molar-refractivity contribution in [1.29, 1.82) is 0 Å². The van der Waals surface area contributed by atoms with E-state index in [1.807, 2.05) is 0 Å². The molecule has 0 aromatic heterocycles. The second-order valence-electron chi connectivity index (χ2n) is 11.7. The van der Waals surface area contributed by atoms with Gasteiger partial charge >= 0.3 is 0 Å².